The molecule has 7 nitrogen and oxygen atoms in total. The molecule has 3 rings (SSSR count). The van der Waals surface area contributed by atoms with Crippen LogP contribution in [0.4, 0.5) is 19.1 Å². The van der Waals surface area contributed by atoms with Crippen molar-refractivity contribution in [3.63, 3.8) is 0 Å². The van der Waals surface area contributed by atoms with Crippen molar-refractivity contribution < 1.29 is 18.3 Å². The summed E-state index contributed by atoms with van der Waals surface area (Å²) in [6, 6.07) is 0.127. The van der Waals surface area contributed by atoms with E-state index < -0.39 is 11.7 Å². The standard InChI is InChI=1S/C17H23F3N6OS/c1-12(11-27)9-25-10-15(8-23-25)28-26-4-2-14(3-5-26)24-16-21-6-13(7-22-16)17(18,19)20/h6-8,10,12,14,27H,2-5,9,11H2,1H3,(H,21,22,24). The van der Waals surface area contributed by atoms with E-state index >= 15 is 0 Å². The zero-order valence-electron chi connectivity index (χ0n) is 15.4. The van der Waals surface area contributed by atoms with Crippen molar-refractivity contribution >= 4 is 17.9 Å². The molecule has 0 spiro atoms. The summed E-state index contributed by atoms with van der Waals surface area (Å²) in [5, 5.41) is 16.5. The van der Waals surface area contributed by atoms with Gasteiger partial charge in [-0.05, 0) is 30.7 Å². The van der Waals surface area contributed by atoms with Crippen LogP contribution in [0.1, 0.15) is 25.3 Å². The van der Waals surface area contributed by atoms with Gasteiger partial charge in [-0.2, -0.15) is 18.3 Å². The lowest BCUT2D eigenvalue weighted by atomic mass is 10.1. The Morgan fingerprint density at radius 2 is 1.93 bits per heavy atom. The predicted octanol–water partition coefficient (Wildman–Crippen LogP) is 2.90. The molecular weight excluding hydrogens is 393 g/mol. The van der Waals surface area contributed by atoms with Gasteiger partial charge in [0.2, 0.25) is 5.95 Å². The molecule has 1 aliphatic rings. The smallest absolute Gasteiger partial charge is 0.396 e. The molecule has 1 unspecified atom stereocenters. The second kappa shape index (κ2) is 9.10. The highest BCUT2D eigenvalue weighted by Crippen LogP contribution is 2.29. The number of alkyl halides is 3. The first kappa shape index (κ1) is 20.9. The Morgan fingerprint density at radius 1 is 1.25 bits per heavy atom. The van der Waals surface area contributed by atoms with Gasteiger partial charge in [-0.25, -0.2) is 14.3 Å². The maximum atomic E-state index is 12.6. The first-order valence-electron chi connectivity index (χ1n) is 9.05. The zero-order chi connectivity index (χ0) is 20.1. The van der Waals surface area contributed by atoms with Gasteiger partial charge in [0, 0.05) is 50.9 Å². The van der Waals surface area contributed by atoms with Gasteiger partial charge in [0.25, 0.3) is 0 Å². The molecule has 0 saturated carbocycles. The van der Waals surface area contributed by atoms with Crippen LogP contribution in [-0.2, 0) is 12.7 Å². The number of aliphatic hydroxyl groups is 1. The van der Waals surface area contributed by atoms with E-state index in [2.05, 4.69) is 24.7 Å². The molecule has 0 bridgehead atoms. The number of hydrogen-bond acceptors (Lipinski definition) is 7. The monoisotopic (exact) mass is 416 g/mol. The van der Waals surface area contributed by atoms with Gasteiger partial charge in [-0.1, -0.05) is 6.92 Å². The molecule has 0 aromatic carbocycles. The zero-order valence-corrected chi connectivity index (χ0v) is 16.2. The van der Waals surface area contributed by atoms with Gasteiger partial charge < -0.3 is 10.4 Å². The van der Waals surface area contributed by atoms with Crippen LogP contribution in [0.25, 0.3) is 0 Å². The molecule has 28 heavy (non-hydrogen) atoms. The number of aromatic nitrogens is 4. The number of nitrogens with zero attached hydrogens (tertiary/aromatic N) is 5. The van der Waals surface area contributed by atoms with Crippen LogP contribution in [0, 0.1) is 5.92 Å². The van der Waals surface area contributed by atoms with E-state index in [-0.39, 0.29) is 24.5 Å². The van der Waals surface area contributed by atoms with E-state index in [9.17, 15) is 13.2 Å². The number of hydrogen-bond donors (Lipinski definition) is 2. The molecular formula is C17H23F3N6OS. The number of halogens is 3. The minimum Gasteiger partial charge on any atom is -0.396 e. The molecule has 2 aromatic heterocycles. The van der Waals surface area contributed by atoms with Crippen molar-refractivity contribution in [3.8, 4) is 0 Å². The Hall–Kier alpha value is -1.85. The predicted molar refractivity (Wildman–Crippen MR) is 99.6 cm³/mol. The van der Waals surface area contributed by atoms with Crippen LogP contribution in [0.3, 0.4) is 0 Å². The summed E-state index contributed by atoms with van der Waals surface area (Å²) in [6.45, 7) is 4.44. The molecule has 0 aliphatic carbocycles. The van der Waals surface area contributed by atoms with Crippen LogP contribution < -0.4 is 5.32 Å². The van der Waals surface area contributed by atoms with Crippen molar-refractivity contribution in [3.05, 3.63) is 30.4 Å². The van der Waals surface area contributed by atoms with E-state index in [1.165, 1.54) is 0 Å². The van der Waals surface area contributed by atoms with Crippen molar-refractivity contribution in [1.29, 1.82) is 0 Å². The Bertz CT molecular complexity index is 746. The highest BCUT2D eigenvalue weighted by Gasteiger charge is 2.31. The maximum Gasteiger partial charge on any atom is 0.419 e. The fourth-order valence-electron chi connectivity index (χ4n) is 2.84. The van der Waals surface area contributed by atoms with Gasteiger partial charge in [0.15, 0.2) is 0 Å². The fraction of sp³-hybridized carbons (Fsp3) is 0.588. The lowest BCUT2D eigenvalue weighted by molar-refractivity contribution is -0.138. The Morgan fingerprint density at radius 3 is 2.54 bits per heavy atom. The number of anilines is 1. The van der Waals surface area contributed by atoms with Crippen LogP contribution >= 0.6 is 11.9 Å². The van der Waals surface area contributed by atoms with Gasteiger partial charge >= 0.3 is 6.18 Å². The highest BCUT2D eigenvalue weighted by atomic mass is 32.2. The van der Waals surface area contributed by atoms with Crippen LogP contribution in [0.5, 0.6) is 0 Å². The van der Waals surface area contributed by atoms with Crippen LogP contribution in [-0.4, -0.2) is 54.9 Å². The normalized spacial score (nSPS) is 17.6. The molecule has 1 atom stereocenters. The molecule has 1 fully saturated rings. The van der Waals surface area contributed by atoms with E-state index in [4.69, 9.17) is 5.11 Å². The Balaban J connectivity index is 1.44. The topological polar surface area (TPSA) is 79.1 Å². The number of piperidine rings is 1. The summed E-state index contributed by atoms with van der Waals surface area (Å²) >= 11 is 1.64. The van der Waals surface area contributed by atoms with Crippen molar-refractivity contribution in [2.24, 2.45) is 5.92 Å². The van der Waals surface area contributed by atoms with Crippen molar-refractivity contribution in [2.45, 2.75) is 43.4 Å². The van der Waals surface area contributed by atoms with Gasteiger partial charge in [0.1, 0.15) is 0 Å². The van der Waals surface area contributed by atoms with Crippen LogP contribution in [0.2, 0.25) is 0 Å². The molecule has 154 valence electrons. The number of aliphatic hydroxyl groups excluding tert-OH is 1. The third-order valence-electron chi connectivity index (χ3n) is 4.42. The lowest BCUT2D eigenvalue weighted by Crippen LogP contribution is -2.35. The molecule has 1 aliphatic heterocycles. The summed E-state index contributed by atoms with van der Waals surface area (Å²) < 4.78 is 41.7. The number of nitrogens with one attached hydrogen (secondary N) is 1. The quantitative estimate of drug-likeness (QED) is 0.672. The van der Waals surface area contributed by atoms with Crippen molar-refractivity contribution in [2.75, 3.05) is 25.0 Å². The summed E-state index contributed by atoms with van der Waals surface area (Å²) in [5.74, 6) is 0.380. The maximum absolute atomic E-state index is 12.6. The second-order valence-corrected chi connectivity index (χ2v) is 8.09. The number of rotatable bonds is 7. The highest BCUT2D eigenvalue weighted by molar-refractivity contribution is 7.97. The Labute approximate surface area is 165 Å². The van der Waals surface area contributed by atoms with E-state index in [0.717, 1.165) is 43.2 Å². The minimum atomic E-state index is -4.43. The van der Waals surface area contributed by atoms with Crippen LogP contribution in [0.15, 0.2) is 29.7 Å². The van der Waals surface area contributed by atoms with Gasteiger partial charge in [-0.3, -0.25) is 4.68 Å². The summed E-state index contributed by atoms with van der Waals surface area (Å²) in [7, 11) is 0. The molecule has 1 saturated heterocycles. The first-order valence-corrected chi connectivity index (χ1v) is 9.83. The minimum absolute atomic E-state index is 0.127. The average molecular weight is 416 g/mol. The summed E-state index contributed by atoms with van der Waals surface area (Å²) in [5.41, 5.74) is -0.849. The van der Waals surface area contributed by atoms with E-state index in [1.807, 2.05) is 24.0 Å². The molecule has 11 heteroatoms. The van der Waals surface area contributed by atoms with Crippen molar-refractivity contribution in [1.82, 2.24) is 24.1 Å². The Kier molecular flexibility index (Phi) is 6.78. The molecule has 2 N–H and O–H groups in total. The molecule has 0 amide bonds. The second-order valence-electron chi connectivity index (χ2n) is 6.92. The van der Waals surface area contributed by atoms with Gasteiger partial charge in [-0.15, -0.1) is 0 Å². The van der Waals surface area contributed by atoms with E-state index in [1.54, 1.807) is 11.9 Å². The molecule has 3 heterocycles. The summed E-state index contributed by atoms with van der Waals surface area (Å²) in [4.78, 5) is 8.58. The fourth-order valence-corrected chi connectivity index (χ4v) is 3.80. The third kappa shape index (κ3) is 5.82. The largest absolute Gasteiger partial charge is 0.419 e. The lowest BCUT2D eigenvalue weighted by Gasteiger charge is -2.31. The average Bonchev–Trinajstić information content (AvgIpc) is 3.09. The molecule has 0 radical (unpaired) electrons. The molecule has 2 aromatic rings. The third-order valence-corrected chi connectivity index (χ3v) is 5.47. The summed E-state index contributed by atoms with van der Waals surface area (Å²) in [6.07, 6.45) is 2.64. The SMILES string of the molecule is CC(CO)Cn1cc(SN2CCC(Nc3ncc(C(F)(F)F)cn3)CC2)cn1. The first-order chi connectivity index (χ1) is 13.3. The van der Waals surface area contributed by atoms with Gasteiger partial charge in [0.05, 0.1) is 16.7 Å². The van der Waals surface area contributed by atoms with E-state index in [0.29, 0.717) is 6.54 Å².